The minimum atomic E-state index is 0.483. The molecule has 1 aromatic carbocycles. The minimum absolute atomic E-state index is 0.483. The van der Waals surface area contributed by atoms with Gasteiger partial charge in [0.1, 0.15) is 0 Å². The van der Waals surface area contributed by atoms with Crippen molar-refractivity contribution in [2.75, 3.05) is 0 Å². The normalized spacial score (nSPS) is 10.7. The number of nitrogens with two attached hydrogens (primary N) is 1. The van der Waals surface area contributed by atoms with Crippen molar-refractivity contribution in [2.45, 2.75) is 20.0 Å². The summed E-state index contributed by atoms with van der Waals surface area (Å²) in [4.78, 5) is 0. The van der Waals surface area contributed by atoms with E-state index in [1.165, 1.54) is 0 Å². The Morgan fingerprint density at radius 3 is 2.56 bits per heavy atom. The van der Waals surface area contributed by atoms with Crippen LogP contribution < -0.4 is 5.73 Å². The molecule has 0 bridgehead atoms. The molecule has 0 radical (unpaired) electrons. The van der Waals surface area contributed by atoms with Gasteiger partial charge < -0.3 is 5.73 Å². The zero-order valence-corrected chi connectivity index (χ0v) is 10.7. The number of hydrogen-bond acceptors (Lipinski definition) is 2. The molecule has 0 saturated heterocycles. The number of aromatic nitrogens is 2. The van der Waals surface area contributed by atoms with E-state index >= 15 is 0 Å². The molecule has 0 atom stereocenters. The summed E-state index contributed by atoms with van der Waals surface area (Å²) in [7, 11) is 0. The molecule has 1 aromatic heterocycles. The van der Waals surface area contributed by atoms with Crippen molar-refractivity contribution in [1.29, 1.82) is 0 Å². The molecule has 0 aliphatic heterocycles. The van der Waals surface area contributed by atoms with Crippen LogP contribution in [0.2, 0.25) is 0 Å². The summed E-state index contributed by atoms with van der Waals surface area (Å²) in [6.45, 7) is 3.41. The molecule has 3 nitrogen and oxygen atoms in total. The molecule has 4 heteroatoms. The first-order chi connectivity index (χ1) is 7.74. The predicted octanol–water partition coefficient (Wildman–Crippen LogP) is 2.79. The van der Waals surface area contributed by atoms with Crippen molar-refractivity contribution in [3.05, 3.63) is 40.5 Å². The third kappa shape index (κ3) is 2.18. The first-order valence-electron chi connectivity index (χ1n) is 5.27. The van der Waals surface area contributed by atoms with Crippen LogP contribution in [0.1, 0.15) is 12.6 Å². The van der Waals surface area contributed by atoms with Crippen molar-refractivity contribution in [3.63, 3.8) is 0 Å². The Morgan fingerprint density at radius 2 is 2.00 bits per heavy atom. The van der Waals surface area contributed by atoms with Gasteiger partial charge in [0.05, 0.1) is 11.4 Å². The Bertz CT molecular complexity index is 474. The fraction of sp³-hybridized carbons (Fsp3) is 0.250. The first kappa shape index (κ1) is 11.4. The van der Waals surface area contributed by atoms with Gasteiger partial charge >= 0.3 is 0 Å². The Kier molecular flexibility index (Phi) is 3.41. The van der Waals surface area contributed by atoms with E-state index in [4.69, 9.17) is 5.73 Å². The summed E-state index contributed by atoms with van der Waals surface area (Å²) >= 11 is 3.43. The maximum absolute atomic E-state index is 5.61. The lowest BCUT2D eigenvalue weighted by Crippen LogP contribution is -2.01. The van der Waals surface area contributed by atoms with Gasteiger partial charge in [-0.25, -0.2) is 0 Å². The van der Waals surface area contributed by atoms with E-state index in [9.17, 15) is 0 Å². The summed E-state index contributed by atoms with van der Waals surface area (Å²) in [5.74, 6) is 0. The molecule has 0 spiro atoms. The van der Waals surface area contributed by atoms with E-state index < -0.39 is 0 Å². The second kappa shape index (κ2) is 4.80. The third-order valence-corrected chi connectivity index (χ3v) is 3.01. The highest BCUT2D eigenvalue weighted by atomic mass is 79.9. The average molecular weight is 280 g/mol. The summed E-state index contributed by atoms with van der Waals surface area (Å²) in [6, 6.07) is 10.3. The first-order valence-corrected chi connectivity index (χ1v) is 6.06. The molecule has 84 valence electrons. The molecule has 1 heterocycles. The molecule has 16 heavy (non-hydrogen) atoms. The van der Waals surface area contributed by atoms with E-state index in [2.05, 4.69) is 40.1 Å². The van der Waals surface area contributed by atoms with Gasteiger partial charge in [-0.2, -0.15) is 5.10 Å². The van der Waals surface area contributed by atoms with Gasteiger partial charge in [0, 0.05) is 17.6 Å². The second-order valence-corrected chi connectivity index (χ2v) is 4.46. The van der Waals surface area contributed by atoms with Crippen LogP contribution in [0.5, 0.6) is 0 Å². The van der Waals surface area contributed by atoms with Gasteiger partial charge in [0.15, 0.2) is 0 Å². The number of aryl methyl sites for hydroxylation is 1. The zero-order valence-electron chi connectivity index (χ0n) is 9.15. The quantitative estimate of drug-likeness (QED) is 0.939. The Balaban J connectivity index is 2.45. The van der Waals surface area contributed by atoms with Gasteiger partial charge in [-0.15, -0.1) is 0 Å². The van der Waals surface area contributed by atoms with Gasteiger partial charge in [0.25, 0.3) is 0 Å². The lowest BCUT2D eigenvalue weighted by molar-refractivity contribution is 0.653. The molecular weight excluding hydrogens is 266 g/mol. The van der Waals surface area contributed by atoms with Crippen molar-refractivity contribution in [2.24, 2.45) is 5.73 Å². The highest BCUT2D eigenvalue weighted by Gasteiger charge is 2.07. The predicted molar refractivity (Wildman–Crippen MR) is 68.9 cm³/mol. The largest absolute Gasteiger partial charge is 0.325 e. The lowest BCUT2D eigenvalue weighted by atomic mass is 10.1. The number of rotatable bonds is 3. The molecule has 2 rings (SSSR count). The van der Waals surface area contributed by atoms with Gasteiger partial charge in [-0.3, -0.25) is 4.68 Å². The zero-order chi connectivity index (χ0) is 11.5. The Morgan fingerprint density at radius 1 is 1.31 bits per heavy atom. The van der Waals surface area contributed by atoms with E-state index in [-0.39, 0.29) is 0 Å². The Hall–Kier alpha value is -1.13. The summed E-state index contributed by atoms with van der Waals surface area (Å²) in [5.41, 5.74) is 8.82. The molecule has 0 amide bonds. The maximum Gasteiger partial charge on any atom is 0.0766 e. The smallest absolute Gasteiger partial charge is 0.0766 e. The van der Waals surface area contributed by atoms with E-state index in [0.717, 1.165) is 28.0 Å². The molecule has 0 aliphatic rings. The van der Waals surface area contributed by atoms with Crippen molar-refractivity contribution >= 4 is 15.9 Å². The molecule has 2 aromatic rings. The fourth-order valence-electron chi connectivity index (χ4n) is 1.66. The van der Waals surface area contributed by atoms with E-state index in [1.54, 1.807) is 0 Å². The summed E-state index contributed by atoms with van der Waals surface area (Å²) in [6.07, 6.45) is 0. The van der Waals surface area contributed by atoms with Crippen LogP contribution in [0.3, 0.4) is 0 Å². The highest BCUT2D eigenvalue weighted by Crippen LogP contribution is 2.22. The molecule has 2 N–H and O–H groups in total. The van der Waals surface area contributed by atoms with Crippen molar-refractivity contribution in [3.8, 4) is 11.3 Å². The third-order valence-electron chi connectivity index (χ3n) is 2.48. The standard InChI is InChI=1S/C12H14BrN3/c1-2-16-12(7-11(8-14)15-16)9-3-5-10(13)6-4-9/h3-7H,2,8,14H2,1H3. The van der Waals surface area contributed by atoms with Crippen LogP contribution in [0.15, 0.2) is 34.8 Å². The van der Waals surface area contributed by atoms with Crippen LogP contribution in [0.25, 0.3) is 11.3 Å². The Labute approximate surface area is 103 Å². The number of hydrogen-bond donors (Lipinski definition) is 1. The molecule has 0 aliphatic carbocycles. The van der Waals surface area contributed by atoms with Crippen LogP contribution in [-0.4, -0.2) is 9.78 Å². The SMILES string of the molecule is CCn1nc(CN)cc1-c1ccc(Br)cc1. The molecule has 0 saturated carbocycles. The van der Waals surface area contributed by atoms with Crippen LogP contribution in [-0.2, 0) is 13.1 Å². The average Bonchev–Trinajstić information content (AvgIpc) is 2.73. The van der Waals surface area contributed by atoms with Crippen LogP contribution in [0.4, 0.5) is 0 Å². The number of halogens is 1. The van der Waals surface area contributed by atoms with Gasteiger partial charge in [-0.1, -0.05) is 28.1 Å². The van der Waals surface area contributed by atoms with Crippen LogP contribution in [0, 0.1) is 0 Å². The summed E-state index contributed by atoms with van der Waals surface area (Å²) in [5, 5.41) is 4.43. The molecule has 0 fully saturated rings. The molecule has 0 unspecified atom stereocenters. The number of nitrogens with zero attached hydrogens (tertiary/aromatic N) is 2. The topological polar surface area (TPSA) is 43.8 Å². The highest BCUT2D eigenvalue weighted by molar-refractivity contribution is 9.10. The fourth-order valence-corrected chi connectivity index (χ4v) is 1.93. The minimum Gasteiger partial charge on any atom is -0.325 e. The lowest BCUT2D eigenvalue weighted by Gasteiger charge is -2.04. The second-order valence-electron chi connectivity index (χ2n) is 3.55. The maximum atomic E-state index is 5.61. The van der Waals surface area contributed by atoms with Gasteiger partial charge in [0.2, 0.25) is 0 Å². The van der Waals surface area contributed by atoms with E-state index in [1.807, 2.05) is 22.9 Å². The van der Waals surface area contributed by atoms with Gasteiger partial charge in [-0.05, 0) is 30.7 Å². The van der Waals surface area contributed by atoms with Crippen molar-refractivity contribution in [1.82, 2.24) is 9.78 Å². The monoisotopic (exact) mass is 279 g/mol. The van der Waals surface area contributed by atoms with Crippen molar-refractivity contribution < 1.29 is 0 Å². The number of benzene rings is 1. The summed E-state index contributed by atoms with van der Waals surface area (Å²) < 4.78 is 3.06. The van der Waals surface area contributed by atoms with Crippen LogP contribution >= 0.6 is 15.9 Å². The molecular formula is C12H14BrN3. The van der Waals surface area contributed by atoms with E-state index in [0.29, 0.717) is 6.54 Å².